The lowest BCUT2D eigenvalue weighted by atomic mass is 10.2. The van der Waals surface area contributed by atoms with Crippen LogP contribution < -0.4 is 10.5 Å². The molecule has 4 rings (SSSR count). The maximum atomic E-state index is 13.0. The zero-order valence-electron chi connectivity index (χ0n) is 17.9. The number of benzene rings is 1. The van der Waals surface area contributed by atoms with Crippen LogP contribution >= 0.6 is 34.7 Å². The van der Waals surface area contributed by atoms with Crippen LogP contribution in [-0.4, -0.2) is 52.3 Å². The molecule has 1 fully saturated rings. The van der Waals surface area contributed by atoms with Crippen LogP contribution in [0.2, 0.25) is 5.02 Å². The lowest BCUT2D eigenvalue weighted by Gasteiger charge is -2.36. The predicted octanol–water partition coefficient (Wildman–Crippen LogP) is 4.19. The molecule has 0 saturated carbocycles. The lowest BCUT2D eigenvalue weighted by molar-refractivity contribution is -0.128. The molecule has 1 aliphatic heterocycles. The molecule has 1 aromatic carbocycles. The Morgan fingerprint density at radius 3 is 2.65 bits per heavy atom. The van der Waals surface area contributed by atoms with Crippen molar-refractivity contribution in [1.82, 2.24) is 14.5 Å². The molecule has 31 heavy (non-hydrogen) atoms. The zero-order valence-corrected chi connectivity index (χ0v) is 20.2. The summed E-state index contributed by atoms with van der Waals surface area (Å²) in [5.41, 5.74) is 2.07. The van der Waals surface area contributed by atoms with Crippen molar-refractivity contribution in [3.05, 3.63) is 50.1 Å². The second-order valence-electron chi connectivity index (χ2n) is 7.54. The summed E-state index contributed by atoms with van der Waals surface area (Å²) in [7, 11) is 0. The van der Waals surface area contributed by atoms with Gasteiger partial charge >= 0.3 is 0 Å². The van der Waals surface area contributed by atoms with Gasteiger partial charge in [0.25, 0.3) is 5.56 Å². The molecule has 2 aromatic heterocycles. The molecule has 1 saturated heterocycles. The second kappa shape index (κ2) is 9.22. The SMILES string of the molecule is CCn1c(SCC(=O)N2CCN(c3cccc(Cl)c3)CC2)nc2sc(C)c(C)c2c1=O. The molecule has 9 heteroatoms. The van der Waals surface area contributed by atoms with Gasteiger partial charge in [-0.05, 0) is 44.5 Å². The van der Waals surface area contributed by atoms with Gasteiger partial charge in [0.15, 0.2) is 5.16 Å². The fourth-order valence-corrected chi connectivity index (χ4v) is 6.02. The first-order valence-corrected chi connectivity index (χ1v) is 12.5. The largest absolute Gasteiger partial charge is 0.368 e. The summed E-state index contributed by atoms with van der Waals surface area (Å²) >= 11 is 8.99. The van der Waals surface area contributed by atoms with Crippen LogP contribution in [0.4, 0.5) is 5.69 Å². The summed E-state index contributed by atoms with van der Waals surface area (Å²) in [6.07, 6.45) is 0. The second-order valence-corrected chi connectivity index (χ2v) is 10.1. The van der Waals surface area contributed by atoms with E-state index in [9.17, 15) is 9.59 Å². The van der Waals surface area contributed by atoms with Crippen LogP contribution in [0.15, 0.2) is 34.2 Å². The van der Waals surface area contributed by atoms with Gasteiger partial charge in [-0.25, -0.2) is 4.98 Å². The van der Waals surface area contributed by atoms with E-state index < -0.39 is 0 Å². The molecule has 1 aliphatic rings. The van der Waals surface area contributed by atoms with E-state index in [1.54, 1.807) is 4.57 Å². The minimum Gasteiger partial charge on any atom is -0.368 e. The van der Waals surface area contributed by atoms with Crippen molar-refractivity contribution in [3.8, 4) is 0 Å². The fraction of sp³-hybridized carbons (Fsp3) is 0.409. The summed E-state index contributed by atoms with van der Waals surface area (Å²) in [4.78, 5) is 36.5. The summed E-state index contributed by atoms with van der Waals surface area (Å²) in [5, 5.41) is 2.04. The van der Waals surface area contributed by atoms with Gasteiger partial charge in [-0.2, -0.15) is 0 Å². The number of piperazine rings is 1. The molecule has 0 atom stereocenters. The fourth-order valence-electron chi connectivity index (χ4n) is 3.80. The molecule has 6 nitrogen and oxygen atoms in total. The number of carbonyl (C=O) groups is 1. The number of hydrogen-bond donors (Lipinski definition) is 0. The van der Waals surface area contributed by atoms with Crippen LogP contribution in [0.1, 0.15) is 17.4 Å². The average molecular weight is 477 g/mol. The van der Waals surface area contributed by atoms with Crippen LogP contribution in [0.3, 0.4) is 0 Å². The Balaban J connectivity index is 1.42. The number of thiophene rings is 1. The van der Waals surface area contributed by atoms with Crippen LogP contribution in [0.5, 0.6) is 0 Å². The van der Waals surface area contributed by atoms with Crippen molar-refractivity contribution in [2.45, 2.75) is 32.5 Å². The quantitative estimate of drug-likeness (QED) is 0.408. The number of hydrogen-bond acceptors (Lipinski definition) is 6. The van der Waals surface area contributed by atoms with E-state index in [0.29, 0.717) is 30.2 Å². The van der Waals surface area contributed by atoms with Crippen molar-refractivity contribution in [3.63, 3.8) is 0 Å². The maximum Gasteiger partial charge on any atom is 0.263 e. The predicted molar refractivity (Wildman–Crippen MR) is 130 cm³/mol. The Kier molecular flexibility index (Phi) is 6.60. The van der Waals surface area contributed by atoms with E-state index in [4.69, 9.17) is 16.6 Å². The highest BCUT2D eigenvalue weighted by Gasteiger charge is 2.23. The van der Waals surface area contributed by atoms with Gasteiger partial charge in [-0.15, -0.1) is 11.3 Å². The van der Waals surface area contributed by atoms with Crippen LogP contribution in [0.25, 0.3) is 10.2 Å². The van der Waals surface area contributed by atoms with Crippen molar-refractivity contribution in [2.24, 2.45) is 0 Å². The molecular formula is C22H25ClN4O2S2. The molecular weight excluding hydrogens is 452 g/mol. The molecule has 3 aromatic rings. The monoisotopic (exact) mass is 476 g/mol. The Hall–Kier alpha value is -2.03. The third-order valence-corrected chi connectivity index (χ3v) is 8.00. The summed E-state index contributed by atoms with van der Waals surface area (Å²) < 4.78 is 1.68. The molecule has 0 spiro atoms. The first-order chi connectivity index (χ1) is 14.9. The third kappa shape index (κ3) is 4.47. The van der Waals surface area contributed by atoms with Crippen molar-refractivity contribution in [2.75, 3.05) is 36.8 Å². The van der Waals surface area contributed by atoms with Gasteiger partial charge < -0.3 is 9.80 Å². The normalized spacial score (nSPS) is 14.5. The first kappa shape index (κ1) is 22.2. The first-order valence-electron chi connectivity index (χ1n) is 10.3. The molecule has 3 heterocycles. The average Bonchev–Trinajstić information content (AvgIpc) is 3.05. The Bertz CT molecular complexity index is 1180. The van der Waals surface area contributed by atoms with E-state index in [1.807, 2.05) is 49.9 Å². The van der Waals surface area contributed by atoms with E-state index in [1.165, 1.54) is 23.1 Å². The van der Waals surface area contributed by atoms with E-state index in [-0.39, 0.29) is 17.2 Å². The van der Waals surface area contributed by atoms with Crippen molar-refractivity contribution >= 4 is 56.5 Å². The minimum atomic E-state index is -0.0144. The number of carbonyl (C=O) groups excluding carboxylic acids is 1. The van der Waals surface area contributed by atoms with Crippen molar-refractivity contribution < 1.29 is 4.79 Å². The van der Waals surface area contributed by atoms with E-state index in [2.05, 4.69) is 4.90 Å². The van der Waals surface area contributed by atoms with Gasteiger partial charge in [0.05, 0.1) is 11.1 Å². The van der Waals surface area contributed by atoms with Gasteiger partial charge in [-0.3, -0.25) is 14.2 Å². The Labute approximate surface area is 194 Å². The number of amides is 1. The number of aryl methyl sites for hydroxylation is 2. The number of anilines is 1. The highest BCUT2D eigenvalue weighted by Crippen LogP contribution is 2.28. The highest BCUT2D eigenvalue weighted by atomic mass is 35.5. The highest BCUT2D eigenvalue weighted by molar-refractivity contribution is 7.99. The number of aromatic nitrogens is 2. The molecule has 164 valence electrons. The van der Waals surface area contributed by atoms with Crippen molar-refractivity contribution in [1.29, 1.82) is 0 Å². The van der Waals surface area contributed by atoms with Gasteiger partial charge in [0.1, 0.15) is 4.83 Å². The number of rotatable bonds is 5. The standard InChI is InChI=1S/C22H25ClN4O2S2/c1-4-27-21(29)19-14(2)15(3)31-20(19)24-22(27)30-13-18(28)26-10-8-25(9-11-26)17-7-5-6-16(23)12-17/h5-7,12H,4,8-11,13H2,1-3H3. The Morgan fingerprint density at radius 2 is 1.97 bits per heavy atom. The molecule has 0 N–H and O–H groups in total. The molecule has 0 aliphatic carbocycles. The van der Waals surface area contributed by atoms with Gasteiger partial charge in [-0.1, -0.05) is 29.4 Å². The number of halogens is 1. The number of thioether (sulfide) groups is 1. The molecule has 0 radical (unpaired) electrons. The Morgan fingerprint density at radius 1 is 1.23 bits per heavy atom. The van der Waals surface area contributed by atoms with Gasteiger partial charge in [0.2, 0.25) is 5.91 Å². The number of nitrogens with zero attached hydrogens (tertiary/aromatic N) is 4. The zero-order chi connectivity index (χ0) is 22.1. The molecule has 0 bridgehead atoms. The summed E-state index contributed by atoms with van der Waals surface area (Å²) in [6.45, 7) is 9.33. The molecule has 1 amide bonds. The number of fused-ring (bicyclic) bond motifs is 1. The smallest absolute Gasteiger partial charge is 0.263 e. The maximum absolute atomic E-state index is 13.0. The summed E-state index contributed by atoms with van der Waals surface area (Å²) in [6, 6.07) is 7.80. The van der Waals surface area contributed by atoms with Crippen LogP contribution in [-0.2, 0) is 11.3 Å². The molecule has 0 unspecified atom stereocenters. The summed E-state index contributed by atoms with van der Waals surface area (Å²) in [5.74, 6) is 0.352. The lowest BCUT2D eigenvalue weighted by Crippen LogP contribution is -2.49. The minimum absolute atomic E-state index is 0.0144. The third-order valence-electron chi connectivity index (χ3n) is 5.70. The van der Waals surface area contributed by atoms with E-state index in [0.717, 1.165) is 39.1 Å². The van der Waals surface area contributed by atoms with Crippen LogP contribution in [0, 0.1) is 13.8 Å². The van der Waals surface area contributed by atoms with Gasteiger partial charge in [0, 0.05) is 48.3 Å². The van der Waals surface area contributed by atoms with E-state index >= 15 is 0 Å². The topological polar surface area (TPSA) is 58.4 Å².